The van der Waals surface area contributed by atoms with Gasteiger partial charge < -0.3 is 10.8 Å². The number of nitrogens with one attached hydrogen (secondary N) is 1. The number of thioether (sulfide) groups is 1. The minimum atomic E-state index is -3.48. The first-order chi connectivity index (χ1) is 8.74. The summed E-state index contributed by atoms with van der Waals surface area (Å²) in [5.41, 5.74) is 5.70. The van der Waals surface area contributed by atoms with Crippen LogP contribution < -0.4 is 10.5 Å². The van der Waals surface area contributed by atoms with Gasteiger partial charge >= 0.3 is 0 Å². The summed E-state index contributed by atoms with van der Waals surface area (Å²) in [6.07, 6.45) is 1.86. The fourth-order valence-electron chi connectivity index (χ4n) is 1.58. The van der Waals surface area contributed by atoms with Crippen LogP contribution in [0, 0.1) is 0 Å². The van der Waals surface area contributed by atoms with Crippen molar-refractivity contribution in [3.05, 3.63) is 29.8 Å². The van der Waals surface area contributed by atoms with Crippen LogP contribution in [0.15, 0.2) is 24.3 Å². The molecule has 0 radical (unpaired) electrons. The molecule has 0 spiro atoms. The lowest BCUT2D eigenvalue weighted by Crippen LogP contribution is -2.42. The molecule has 1 aromatic carbocycles. The van der Waals surface area contributed by atoms with Gasteiger partial charge in [0.1, 0.15) is 0 Å². The van der Waals surface area contributed by atoms with Gasteiger partial charge in [-0.25, -0.2) is 13.1 Å². The number of nitrogens with two attached hydrogens (primary N) is 1. The van der Waals surface area contributed by atoms with Crippen LogP contribution >= 0.6 is 11.8 Å². The summed E-state index contributed by atoms with van der Waals surface area (Å²) in [4.78, 5) is 0. The van der Waals surface area contributed by atoms with E-state index >= 15 is 0 Å². The van der Waals surface area contributed by atoms with Gasteiger partial charge in [0.2, 0.25) is 10.0 Å². The second kappa shape index (κ2) is 6.60. The van der Waals surface area contributed by atoms with Crippen molar-refractivity contribution in [2.45, 2.75) is 18.3 Å². The van der Waals surface area contributed by atoms with Crippen LogP contribution in [0.2, 0.25) is 0 Å². The van der Waals surface area contributed by atoms with E-state index in [4.69, 9.17) is 5.73 Å². The fourth-order valence-corrected chi connectivity index (χ4v) is 3.56. The average Bonchev–Trinajstić information content (AvgIpc) is 2.26. The predicted octanol–water partition coefficient (Wildman–Crippen LogP) is 0.802. The molecule has 5 nitrogen and oxygen atoms in total. The van der Waals surface area contributed by atoms with E-state index in [9.17, 15) is 13.5 Å². The summed E-state index contributed by atoms with van der Waals surface area (Å²) < 4.78 is 26.2. The highest BCUT2D eigenvalue weighted by atomic mass is 32.2. The minimum Gasteiger partial charge on any atom is -0.399 e. The van der Waals surface area contributed by atoms with E-state index < -0.39 is 15.6 Å². The van der Waals surface area contributed by atoms with Crippen molar-refractivity contribution in [1.82, 2.24) is 4.72 Å². The Labute approximate surface area is 118 Å². The third kappa shape index (κ3) is 6.29. The molecule has 7 heteroatoms. The van der Waals surface area contributed by atoms with Crippen molar-refractivity contribution in [3.63, 3.8) is 0 Å². The molecule has 0 amide bonds. The maximum atomic E-state index is 11.9. The molecule has 0 aliphatic heterocycles. The van der Waals surface area contributed by atoms with Gasteiger partial charge in [-0.15, -0.1) is 0 Å². The molecule has 0 saturated heterocycles. The highest BCUT2D eigenvalue weighted by molar-refractivity contribution is 7.98. The molecule has 0 aliphatic rings. The molecule has 108 valence electrons. The van der Waals surface area contributed by atoms with Crippen LogP contribution in [0.25, 0.3) is 0 Å². The van der Waals surface area contributed by atoms with Gasteiger partial charge in [-0.05, 0) is 30.9 Å². The first kappa shape index (κ1) is 16.3. The number of sulfonamides is 1. The number of hydrogen-bond acceptors (Lipinski definition) is 5. The zero-order valence-electron chi connectivity index (χ0n) is 11.1. The van der Waals surface area contributed by atoms with Gasteiger partial charge in [-0.2, -0.15) is 11.8 Å². The Morgan fingerprint density at radius 3 is 2.74 bits per heavy atom. The lowest BCUT2D eigenvalue weighted by atomic mass is 10.1. The Morgan fingerprint density at radius 2 is 2.16 bits per heavy atom. The van der Waals surface area contributed by atoms with Gasteiger partial charge in [0.25, 0.3) is 0 Å². The van der Waals surface area contributed by atoms with Crippen molar-refractivity contribution >= 4 is 27.5 Å². The maximum Gasteiger partial charge on any atom is 0.215 e. The SMILES string of the molecule is CSCC(C)(O)CNS(=O)(=O)Cc1cccc(N)c1. The molecule has 1 aromatic rings. The molecule has 0 saturated carbocycles. The third-order valence-electron chi connectivity index (χ3n) is 2.44. The molecule has 19 heavy (non-hydrogen) atoms. The summed E-state index contributed by atoms with van der Waals surface area (Å²) in [5.74, 6) is 0.321. The summed E-state index contributed by atoms with van der Waals surface area (Å²) in [6.45, 7) is 1.60. The van der Waals surface area contributed by atoms with Crippen LogP contribution in [0.3, 0.4) is 0 Å². The topological polar surface area (TPSA) is 92.4 Å². The summed E-state index contributed by atoms with van der Waals surface area (Å²) >= 11 is 1.46. The molecule has 0 heterocycles. The molecule has 0 bridgehead atoms. The third-order valence-corrected chi connectivity index (χ3v) is 4.64. The van der Waals surface area contributed by atoms with Crippen molar-refractivity contribution in [3.8, 4) is 0 Å². The van der Waals surface area contributed by atoms with E-state index in [0.29, 0.717) is 17.0 Å². The number of nitrogen functional groups attached to an aromatic ring is 1. The predicted molar refractivity (Wildman–Crippen MR) is 80.5 cm³/mol. The Kier molecular flexibility index (Phi) is 5.66. The second-order valence-electron chi connectivity index (χ2n) is 4.76. The first-order valence-electron chi connectivity index (χ1n) is 5.77. The molecule has 1 rings (SSSR count). The van der Waals surface area contributed by atoms with Crippen molar-refractivity contribution in [2.24, 2.45) is 0 Å². The fraction of sp³-hybridized carbons (Fsp3) is 0.500. The maximum absolute atomic E-state index is 11.9. The van der Waals surface area contributed by atoms with E-state index in [2.05, 4.69) is 4.72 Å². The normalized spacial score (nSPS) is 15.1. The number of aliphatic hydroxyl groups is 1. The number of rotatable bonds is 7. The Hall–Kier alpha value is -0.760. The zero-order chi connectivity index (χ0) is 14.5. The highest BCUT2D eigenvalue weighted by Gasteiger charge is 2.22. The minimum absolute atomic E-state index is 0.00150. The zero-order valence-corrected chi connectivity index (χ0v) is 12.7. The van der Waals surface area contributed by atoms with Crippen LogP contribution in [0.4, 0.5) is 5.69 Å². The van der Waals surface area contributed by atoms with E-state index in [1.807, 2.05) is 6.26 Å². The summed E-state index contributed by atoms with van der Waals surface area (Å²) in [6, 6.07) is 6.74. The molecule has 1 unspecified atom stereocenters. The largest absolute Gasteiger partial charge is 0.399 e. The molecule has 0 aromatic heterocycles. The Balaban J connectivity index is 2.62. The van der Waals surface area contributed by atoms with Crippen LogP contribution in [-0.4, -0.2) is 37.7 Å². The van der Waals surface area contributed by atoms with Gasteiger partial charge in [0, 0.05) is 18.0 Å². The first-order valence-corrected chi connectivity index (χ1v) is 8.82. The van der Waals surface area contributed by atoms with Crippen molar-refractivity contribution in [1.29, 1.82) is 0 Å². The van der Waals surface area contributed by atoms with Gasteiger partial charge in [0.15, 0.2) is 0 Å². The summed E-state index contributed by atoms with van der Waals surface area (Å²) in [7, 11) is -3.48. The number of hydrogen-bond donors (Lipinski definition) is 3. The van der Waals surface area contributed by atoms with Gasteiger partial charge in [-0.3, -0.25) is 0 Å². The monoisotopic (exact) mass is 304 g/mol. The quantitative estimate of drug-likeness (QED) is 0.648. The smallest absolute Gasteiger partial charge is 0.215 e. The van der Waals surface area contributed by atoms with Crippen molar-refractivity contribution in [2.75, 3.05) is 24.3 Å². The molecule has 4 N–H and O–H groups in total. The van der Waals surface area contributed by atoms with E-state index in [-0.39, 0.29) is 12.3 Å². The van der Waals surface area contributed by atoms with Crippen LogP contribution in [0.1, 0.15) is 12.5 Å². The molecular weight excluding hydrogens is 284 g/mol. The number of benzene rings is 1. The second-order valence-corrected chi connectivity index (χ2v) is 7.43. The average molecular weight is 304 g/mol. The standard InChI is InChI=1S/C12H20N2O3S2/c1-12(15,9-18-2)8-14-19(16,17)7-10-4-3-5-11(13)6-10/h3-6,14-15H,7-9,13H2,1-2H3. The summed E-state index contributed by atoms with van der Waals surface area (Å²) in [5, 5.41) is 9.92. The van der Waals surface area contributed by atoms with Gasteiger partial charge in [-0.1, -0.05) is 12.1 Å². The molecule has 0 fully saturated rings. The Bertz CT molecular complexity index is 515. The van der Waals surface area contributed by atoms with E-state index in [1.165, 1.54) is 11.8 Å². The molecular formula is C12H20N2O3S2. The van der Waals surface area contributed by atoms with Crippen LogP contribution in [-0.2, 0) is 15.8 Å². The van der Waals surface area contributed by atoms with Crippen molar-refractivity contribution < 1.29 is 13.5 Å². The lowest BCUT2D eigenvalue weighted by Gasteiger charge is -2.22. The highest BCUT2D eigenvalue weighted by Crippen LogP contribution is 2.12. The molecule has 0 aliphatic carbocycles. The van der Waals surface area contributed by atoms with E-state index in [0.717, 1.165) is 0 Å². The number of anilines is 1. The lowest BCUT2D eigenvalue weighted by molar-refractivity contribution is 0.0908. The van der Waals surface area contributed by atoms with E-state index in [1.54, 1.807) is 31.2 Å². The molecule has 1 atom stereocenters. The van der Waals surface area contributed by atoms with Crippen LogP contribution in [0.5, 0.6) is 0 Å². The Morgan fingerprint density at radius 1 is 1.47 bits per heavy atom. The van der Waals surface area contributed by atoms with Gasteiger partial charge in [0.05, 0.1) is 11.4 Å².